The van der Waals surface area contributed by atoms with Crippen molar-refractivity contribution < 1.29 is 9.47 Å². The van der Waals surface area contributed by atoms with Crippen molar-refractivity contribution in [2.45, 2.75) is 24.8 Å². The van der Waals surface area contributed by atoms with Gasteiger partial charge in [-0.05, 0) is 48.2 Å². The fourth-order valence-corrected chi connectivity index (χ4v) is 3.84. The van der Waals surface area contributed by atoms with Gasteiger partial charge >= 0.3 is 0 Å². The number of hydrogen-bond donors (Lipinski definition) is 2. The summed E-state index contributed by atoms with van der Waals surface area (Å²) in [5.41, 5.74) is 2.54. The SMILES string of the molecule is CN=C(NCc1cccc(OC)c1)NCC1(c2ccc(Br)cc2)CCOCC1.I. The van der Waals surface area contributed by atoms with Crippen molar-refractivity contribution in [3.8, 4) is 5.75 Å². The Morgan fingerprint density at radius 2 is 1.86 bits per heavy atom. The minimum atomic E-state index is 0. The average Bonchev–Trinajstić information content (AvgIpc) is 2.75. The summed E-state index contributed by atoms with van der Waals surface area (Å²) in [5.74, 6) is 1.66. The van der Waals surface area contributed by atoms with Crippen LogP contribution in [0.3, 0.4) is 0 Å². The molecule has 7 heteroatoms. The second kappa shape index (κ2) is 11.8. The topological polar surface area (TPSA) is 54.9 Å². The highest BCUT2D eigenvalue weighted by Gasteiger charge is 2.34. The molecule has 0 radical (unpaired) electrons. The van der Waals surface area contributed by atoms with Gasteiger partial charge in [0.05, 0.1) is 7.11 Å². The zero-order valence-electron chi connectivity index (χ0n) is 16.9. The summed E-state index contributed by atoms with van der Waals surface area (Å²) in [5, 5.41) is 6.93. The van der Waals surface area contributed by atoms with Crippen LogP contribution in [-0.2, 0) is 16.7 Å². The first-order chi connectivity index (χ1) is 13.6. The van der Waals surface area contributed by atoms with Gasteiger partial charge in [-0.15, -0.1) is 24.0 Å². The highest BCUT2D eigenvalue weighted by Crippen LogP contribution is 2.34. The van der Waals surface area contributed by atoms with E-state index in [1.807, 2.05) is 18.2 Å². The third kappa shape index (κ3) is 6.58. The number of nitrogens with one attached hydrogen (secondary N) is 2. The molecule has 2 aromatic carbocycles. The summed E-state index contributed by atoms with van der Waals surface area (Å²) >= 11 is 3.54. The average molecular weight is 574 g/mol. The van der Waals surface area contributed by atoms with Crippen molar-refractivity contribution in [1.82, 2.24) is 10.6 Å². The summed E-state index contributed by atoms with van der Waals surface area (Å²) in [7, 11) is 3.49. The fourth-order valence-electron chi connectivity index (χ4n) is 3.57. The number of aliphatic imine (C=N–C) groups is 1. The zero-order chi connectivity index (χ0) is 19.8. The molecule has 0 aromatic heterocycles. The van der Waals surface area contributed by atoms with Gasteiger partial charge in [0, 0.05) is 43.2 Å². The van der Waals surface area contributed by atoms with E-state index in [2.05, 4.69) is 61.9 Å². The lowest BCUT2D eigenvalue weighted by Crippen LogP contribution is -2.47. The van der Waals surface area contributed by atoms with E-state index < -0.39 is 0 Å². The van der Waals surface area contributed by atoms with Gasteiger partial charge in [-0.3, -0.25) is 4.99 Å². The number of nitrogens with zero attached hydrogens (tertiary/aromatic N) is 1. The van der Waals surface area contributed by atoms with Crippen LogP contribution in [0, 0.1) is 0 Å². The van der Waals surface area contributed by atoms with Crippen molar-refractivity contribution in [3.63, 3.8) is 0 Å². The maximum Gasteiger partial charge on any atom is 0.191 e. The highest BCUT2D eigenvalue weighted by atomic mass is 127. The van der Waals surface area contributed by atoms with Crippen LogP contribution < -0.4 is 15.4 Å². The quantitative estimate of drug-likeness (QED) is 0.304. The van der Waals surface area contributed by atoms with Gasteiger partial charge in [0.15, 0.2) is 5.96 Å². The third-order valence-corrected chi connectivity index (χ3v) is 5.85. The van der Waals surface area contributed by atoms with Crippen LogP contribution >= 0.6 is 39.9 Å². The molecule has 29 heavy (non-hydrogen) atoms. The lowest BCUT2D eigenvalue weighted by molar-refractivity contribution is 0.0514. The molecular formula is C22H29BrIN3O2. The van der Waals surface area contributed by atoms with E-state index in [0.29, 0.717) is 6.54 Å². The van der Waals surface area contributed by atoms with Crippen molar-refractivity contribution in [1.29, 1.82) is 0 Å². The lowest BCUT2D eigenvalue weighted by Gasteiger charge is -2.38. The summed E-state index contributed by atoms with van der Waals surface area (Å²) in [6, 6.07) is 16.7. The normalized spacial score (nSPS) is 15.9. The summed E-state index contributed by atoms with van der Waals surface area (Å²) in [6.07, 6.45) is 1.99. The van der Waals surface area contributed by atoms with E-state index in [1.54, 1.807) is 14.2 Å². The van der Waals surface area contributed by atoms with Crippen LogP contribution in [0.2, 0.25) is 0 Å². The van der Waals surface area contributed by atoms with Crippen molar-refractivity contribution in [2.24, 2.45) is 4.99 Å². The van der Waals surface area contributed by atoms with E-state index in [-0.39, 0.29) is 29.4 Å². The van der Waals surface area contributed by atoms with Crippen LogP contribution in [0.1, 0.15) is 24.0 Å². The molecule has 0 bridgehead atoms. The Hall–Kier alpha value is -1.32. The van der Waals surface area contributed by atoms with Crippen molar-refractivity contribution in [2.75, 3.05) is 33.9 Å². The number of rotatable bonds is 6. The Morgan fingerprint density at radius 3 is 2.52 bits per heavy atom. The second-order valence-electron chi connectivity index (χ2n) is 7.03. The smallest absolute Gasteiger partial charge is 0.191 e. The van der Waals surface area contributed by atoms with Gasteiger partial charge < -0.3 is 20.1 Å². The molecule has 5 nitrogen and oxygen atoms in total. The first-order valence-electron chi connectivity index (χ1n) is 9.56. The number of hydrogen-bond acceptors (Lipinski definition) is 3. The van der Waals surface area contributed by atoms with Gasteiger partial charge in [-0.25, -0.2) is 0 Å². The first kappa shape index (κ1) is 24.0. The van der Waals surface area contributed by atoms with Crippen molar-refractivity contribution in [3.05, 3.63) is 64.1 Å². The molecule has 1 aliphatic rings. The van der Waals surface area contributed by atoms with E-state index in [4.69, 9.17) is 9.47 Å². The number of methoxy groups -OCH3 is 1. The molecule has 1 heterocycles. The first-order valence-corrected chi connectivity index (χ1v) is 10.4. The number of guanidine groups is 1. The summed E-state index contributed by atoms with van der Waals surface area (Å²) in [4.78, 5) is 4.39. The van der Waals surface area contributed by atoms with Gasteiger partial charge in [0.1, 0.15) is 5.75 Å². The number of benzene rings is 2. The predicted octanol–water partition coefficient (Wildman–Crippen LogP) is 4.49. The number of halogens is 2. The minimum Gasteiger partial charge on any atom is -0.497 e. The van der Waals surface area contributed by atoms with Crippen LogP contribution in [0.15, 0.2) is 58.0 Å². The Balaban J connectivity index is 0.00000300. The number of ether oxygens (including phenoxy) is 2. The van der Waals surface area contributed by atoms with E-state index in [9.17, 15) is 0 Å². The molecule has 0 unspecified atom stereocenters. The van der Waals surface area contributed by atoms with E-state index >= 15 is 0 Å². The molecule has 0 saturated carbocycles. The molecule has 0 amide bonds. The molecule has 1 saturated heterocycles. The maximum absolute atomic E-state index is 5.64. The largest absolute Gasteiger partial charge is 0.497 e. The monoisotopic (exact) mass is 573 g/mol. The standard InChI is InChI=1S/C22H28BrN3O2.HI/c1-24-21(25-15-17-4-3-5-20(14-17)27-2)26-16-22(10-12-28-13-11-22)18-6-8-19(23)9-7-18;/h3-9,14H,10-13,15-16H2,1-2H3,(H2,24,25,26);1H. The predicted molar refractivity (Wildman–Crippen MR) is 132 cm³/mol. The van der Waals surface area contributed by atoms with Crippen LogP contribution in [-0.4, -0.2) is 39.9 Å². The van der Waals surface area contributed by atoms with Crippen LogP contribution in [0.4, 0.5) is 0 Å². The molecule has 158 valence electrons. The van der Waals surface area contributed by atoms with Gasteiger partial charge in [0.2, 0.25) is 0 Å². The Kier molecular flexibility index (Phi) is 9.71. The van der Waals surface area contributed by atoms with E-state index in [1.165, 1.54) is 5.56 Å². The van der Waals surface area contributed by atoms with Crippen LogP contribution in [0.25, 0.3) is 0 Å². The molecule has 2 N–H and O–H groups in total. The Bertz CT molecular complexity index is 793. The van der Waals surface area contributed by atoms with Crippen LogP contribution in [0.5, 0.6) is 5.75 Å². The minimum absolute atomic E-state index is 0. The third-order valence-electron chi connectivity index (χ3n) is 5.32. The zero-order valence-corrected chi connectivity index (χ0v) is 20.8. The van der Waals surface area contributed by atoms with Gasteiger partial charge in [-0.1, -0.05) is 40.2 Å². The summed E-state index contributed by atoms with van der Waals surface area (Å²) < 4.78 is 12.0. The molecule has 0 spiro atoms. The molecule has 1 aliphatic heterocycles. The molecular weight excluding hydrogens is 545 g/mol. The summed E-state index contributed by atoms with van der Waals surface area (Å²) in [6.45, 7) is 3.07. The second-order valence-corrected chi connectivity index (χ2v) is 7.95. The molecule has 3 rings (SSSR count). The highest BCUT2D eigenvalue weighted by molar-refractivity contribution is 14.0. The Morgan fingerprint density at radius 1 is 1.14 bits per heavy atom. The lowest BCUT2D eigenvalue weighted by atomic mass is 9.74. The molecule has 1 fully saturated rings. The Labute approximate surface area is 198 Å². The van der Waals surface area contributed by atoms with Gasteiger partial charge in [0.25, 0.3) is 0 Å². The fraction of sp³-hybridized carbons (Fsp3) is 0.409. The van der Waals surface area contributed by atoms with Crippen molar-refractivity contribution >= 4 is 45.9 Å². The molecule has 2 aromatic rings. The van der Waals surface area contributed by atoms with Gasteiger partial charge in [-0.2, -0.15) is 0 Å². The van der Waals surface area contributed by atoms with E-state index in [0.717, 1.165) is 54.3 Å². The maximum atomic E-state index is 5.64. The molecule has 0 aliphatic carbocycles. The molecule has 0 atom stereocenters.